The Morgan fingerprint density at radius 2 is 1.45 bits per heavy atom. The van der Waals surface area contributed by atoms with Crippen LogP contribution in [0.4, 0.5) is 0 Å². The van der Waals surface area contributed by atoms with Crippen LogP contribution in [0.15, 0.2) is 97.1 Å². The molecule has 5 rings (SSSR count). The minimum Gasteiger partial charge on any atom is -0.507 e. The summed E-state index contributed by atoms with van der Waals surface area (Å²) in [5.41, 5.74) is 4.63. The van der Waals surface area contributed by atoms with E-state index in [0.29, 0.717) is 0 Å². The lowest BCUT2D eigenvalue weighted by molar-refractivity contribution is 0.477. The van der Waals surface area contributed by atoms with Gasteiger partial charge in [0, 0.05) is 10.9 Å². The zero-order chi connectivity index (χ0) is 19.6. The largest absolute Gasteiger partial charge is 0.507 e. The summed E-state index contributed by atoms with van der Waals surface area (Å²) in [4.78, 5) is 4.88. The molecule has 138 valence electrons. The van der Waals surface area contributed by atoms with Crippen LogP contribution >= 0.6 is 0 Å². The number of aromatic nitrogens is 1. The number of pyridine rings is 1. The van der Waals surface area contributed by atoms with Crippen molar-refractivity contribution in [3.8, 4) is 17.0 Å². The van der Waals surface area contributed by atoms with E-state index in [0.717, 1.165) is 33.3 Å². The first-order valence-electron chi connectivity index (χ1n) is 9.63. The second-order valence-corrected chi connectivity index (χ2v) is 7.04. The fraction of sp³-hybridized carbons (Fsp3) is 0. The van der Waals surface area contributed by atoms with Crippen LogP contribution < -0.4 is 0 Å². The SMILES string of the molecule is Oc1ccccc1-c1cc(C=Cc2ccccc2)c2c(ccc3ccccc32)n1. The van der Waals surface area contributed by atoms with E-state index >= 15 is 0 Å². The number of fused-ring (bicyclic) bond motifs is 3. The zero-order valence-corrected chi connectivity index (χ0v) is 15.8. The van der Waals surface area contributed by atoms with E-state index in [1.807, 2.05) is 36.4 Å². The molecule has 0 unspecified atom stereocenters. The summed E-state index contributed by atoms with van der Waals surface area (Å²) in [6.07, 6.45) is 4.25. The van der Waals surface area contributed by atoms with E-state index in [1.165, 1.54) is 10.8 Å². The Morgan fingerprint density at radius 1 is 0.690 bits per heavy atom. The van der Waals surface area contributed by atoms with Gasteiger partial charge < -0.3 is 5.11 Å². The highest BCUT2D eigenvalue weighted by Crippen LogP contribution is 2.34. The molecule has 0 aliphatic heterocycles. The van der Waals surface area contributed by atoms with Crippen molar-refractivity contribution in [2.24, 2.45) is 0 Å². The first kappa shape index (κ1) is 17.2. The molecular formula is C27H19NO. The standard InChI is InChI=1S/C27H19NO/c29-26-13-7-6-12-23(26)25-18-21(15-14-19-8-2-1-3-9-19)27-22-11-5-4-10-20(22)16-17-24(27)28-25/h1-18,29H. The topological polar surface area (TPSA) is 33.1 Å². The van der Waals surface area contributed by atoms with Crippen LogP contribution in [0.1, 0.15) is 11.1 Å². The molecular weight excluding hydrogens is 354 g/mol. The Bertz CT molecular complexity index is 1350. The molecule has 0 aliphatic rings. The number of benzene rings is 4. The van der Waals surface area contributed by atoms with Gasteiger partial charge in [-0.15, -0.1) is 0 Å². The Hall–Kier alpha value is -3.91. The van der Waals surface area contributed by atoms with Gasteiger partial charge in [-0.3, -0.25) is 0 Å². The molecule has 5 aromatic rings. The van der Waals surface area contributed by atoms with E-state index in [1.54, 1.807) is 6.07 Å². The van der Waals surface area contributed by atoms with Crippen molar-refractivity contribution >= 4 is 33.8 Å². The number of phenolic OH excluding ortho intramolecular Hbond substituents is 1. The van der Waals surface area contributed by atoms with Crippen LogP contribution in [0.25, 0.3) is 45.1 Å². The molecule has 0 saturated heterocycles. The van der Waals surface area contributed by atoms with Gasteiger partial charge >= 0.3 is 0 Å². The average molecular weight is 373 g/mol. The fourth-order valence-corrected chi connectivity index (χ4v) is 3.75. The molecule has 0 saturated carbocycles. The van der Waals surface area contributed by atoms with Crippen LogP contribution in [-0.2, 0) is 0 Å². The molecule has 0 atom stereocenters. The molecule has 0 aliphatic carbocycles. The maximum atomic E-state index is 10.3. The second-order valence-electron chi connectivity index (χ2n) is 7.04. The van der Waals surface area contributed by atoms with E-state index < -0.39 is 0 Å². The lowest BCUT2D eigenvalue weighted by atomic mass is 9.98. The van der Waals surface area contributed by atoms with Crippen LogP contribution in [0, 0.1) is 0 Å². The van der Waals surface area contributed by atoms with E-state index in [-0.39, 0.29) is 5.75 Å². The number of para-hydroxylation sites is 1. The monoisotopic (exact) mass is 373 g/mol. The molecule has 29 heavy (non-hydrogen) atoms. The van der Waals surface area contributed by atoms with E-state index in [4.69, 9.17) is 4.98 Å². The minimum absolute atomic E-state index is 0.234. The van der Waals surface area contributed by atoms with Crippen LogP contribution in [0.2, 0.25) is 0 Å². The van der Waals surface area contributed by atoms with Gasteiger partial charge in [0.15, 0.2) is 0 Å². The second kappa shape index (κ2) is 7.25. The summed E-state index contributed by atoms with van der Waals surface area (Å²) in [6, 6.07) is 32.2. The minimum atomic E-state index is 0.234. The molecule has 0 fully saturated rings. The van der Waals surface area contributed by atoms with Crippen molar-refractivity contribution in [3.63, 3.8) is 0 Å². The number of hydrogen-bond donors (Lipinski definition) is 1. The average Bonchev–Trinajstić information content (AvgIpc) is 2.78. The summed E-state index contributed by atoms with van der Waals surface area (Å²) in [5, 5.41) is 13.8. The third-order valence-electron chi connectivity index (χ3n) is 5.16. The summed E-state index contributed by atoms with van der Waals surface area (Å²) in [7, 11) is 0. The molecule has 2 heteroatoms. The lowest BCUT2D eigenvalue weighted by Crippen LogP contribution is -1.91. The van der Waals surface area contributed by atoms with Gasteiger partial charge in [-0.1, -0.05) is 84.9 Å². The quantitative estimate of drug-likeness (QED) is 0.348. The summed E-state index contributed by atoms with van der Waals surface area (Å²) in [5.74, 6) is 0.234. The van der Waals surface area contributed by atoms with Gasteiger partial charge in [0.1, 0.15) is 5.75 Å². The van der Waals surface area contributed by atoms with Gasteiger partial charge in [-0.25, -0.2) is 4.98 Å². The maximum absolute atomic E-state index is 10.3. The van der Waals surface area contributed by atoms with Crippen LogP contribution in [-0.4, -0.2) is 10.1 Å². The smallest absolute Gasteiger partial charge is 0.124 e. The first-order valence-corrected chi connectivity index (χ1v) is 9.63. The third-order valence-corrected chi connectivity index (χ3v) is 5.16. The number of nitrogens with zero attached hydrogens (tertiary/aromatic N) is 1. The predicted molar refractivity (Wildman–Crippen MR) is 122 cm³/mol. The zero-order valence-electron chi connectivity index (χ0n) is 15.8. The fourth-order valence-electron chi connectivity index (χ4n) is 3.75. The number of phenols is 1. The maximum Gasteiger partial charge on any atom is 0.124 e. The van der Waals surface area contributed by atoms with E-state index in [2.05, 4.69) is 66.7 Å². The van der Waals surface area contributed by atoms with Crippen molar-refractivity contribution in [1.82, 2.24) is 4.98 Å². The third kappa shape index (κ3) is 3.26. The van der Waals surface area contributed by atoms with Gasteiger partial charge in [0.05, 0.1) is 11.2 Å². The molecule has 1 aromatic heterocycles. The lowest BCUT2D eigenvalue weighted by Gasteiger charge is -2.11. The molecule has 1 heterocycles. The Morgan fingerprint density at radius 3 is 2.31 bits per heavy atom. The Balaban J connectivity index is 1.79. The number of aromatic hydroxyl groups is 1. The van der Waals surface area contributed by atoms with Gasteiger partial charge in [0.25, 0.3) is 0 Å². The molecule has 0 spiro atoms. The molecule has 1 N–H and O–H groups in total. The van der Waals surface area contributed by atoms with E-state index in [9.17, 15) is 5.11 Å². The number of rotatable bonds is 3. The Kier molecular flexibility index (Phi) is 4.30. The molecule has 0 bridgehead atoms. The summed E-state index contributed by atoms with van der Waals surface area (Å²) < 4.78 is 0. The normalized spacial score (nSPS) is 11.4. The predicted octanol–water partition coefficient (Wildman–Crippen LogP) is 6.93. The highest BCUT2D eigenvalue weighted by Gasteiger charge is 2.11. The molecule has 2 nitrogen and oxygen atoms in total. The van der Waals surface area contributed by atoms with Gasteiger partial charge in [0.2, 0.25) is 0 Å². The van der Waals surface area contributed by atoms with Gasteiger partial charge in [-0.2, -0.15) is 0 Å². The van der Waals surface area contributed by atoms with Crippen LogP contribution in [0.5, 0.6) is 5.75 Å². The summed E-state index contributed by atoms with van der Waals surface area (Å²) >= 11 is 0. The molecule has 0 radical (unpaired) electrons. The van der Waals surface area contributed by atoms with Gasteiger partial charge in [-0.05, 0) is 46.2 Å². The highest BCUT2D eigenvalue weighted by molar-refractivity contribution is 6.11. The van der Waals surface area contributed by atoms with Crippen molar-refractivity contribution in [2.45, 2.75) is 0 Å². The molecule has 4 aromatic carbocycles. The molecule has 0 amide bonds. The number of hydrogen-bond acceptors (Lipinski definition) is 2. The first-order chi connectivity index (χ1) is 14.3. The van der Waals surface area contributed by atoms with Crippen molar-refractivity contribution < 1.29 is 5.11 Å². The Labute approximate surface area is 169 Å². The summed E-state index contributed by atoms with van der Waals surface area (Å²) in [6.45, 7) is 0. The van der Waals surface area contributed by atoms with Crippen LogP contribution in [0.3, 0.4) is 0 Å². The van der Waals surface area contributed by atoms with Crippen molar-refractivity contribution in [1.29, 1.82) is 0 Å². The highest BCUT2D eigenvalue weighted by atomic mass is 16.3. The van der Waals surface area contributed by atoms with Crippen molar-refractivity contribution in [3.05, 3.63) is 108 Å². The van der Waals surface area contributed by atoms with Crippen molar-refractivity contribution in [2.75, 3.05) is 0 Å².